The number of nitrogens with zero attached hydrogens (tertiary/aromatic N) is 2. The molecule has 2 aromatic carbocycles. The van der Waals surface area contributed by atoms with Gasteiger partial charge in [0.2, 0.25) is 0 Å². The van der Waals surface area contributed by atoms with Crippen LogP contribution in [0.25, 0.3) is 44.1 Å². The van der Waals surface area contributed by atoms with Crippen LogP contribution in [0, 0.1) is 6.92 Å². The van der Waals surface area contributed by atoms with Crippen LogP contribution >= 0.6 is 15.9 Å². The minimum atomic E-state index is -0.497. The van der Waals surface area contributed by atoms with E-state index in [1.807, 2.05) is 49.4 Å². The number of pyridine rings is 2. The van der Waals surface area contributed by atoms with Crippen LogP contribution in [0.5, 0.6) is 11.5 Å². The van der Waals surface area contributed by atoms with Crippen molar-refractivity contribution in [1.82, 2.24) is 15.0 Å². The lowest BCUT2D eigenvalue weighted by atomic mass is 10.0. The zero-order valence-electron chi connectivity index (χ0n) is 18.4. The van der Waals surface area contributed by atoms with E-state index >= 15 is 0 Å². The van der Waals surface area contributed by atoms with E-state index in [9.17, 15) is 4.79 Å². The van der Waals surface area contributed by atoms with Crippen molar-refractivity contribution in [2.24, 2.45) is 0 Å². The maximum absolute atomic E-state index is 12.6. The number of methoxy groups -OCH3 is 3. The molecule has 0 bridgehead atoms. The molecule has 0 fully saturated rings. The molecule has 8 heteroatoms. The van der Waals surface area contributed by atoms with Crippen molar-refractivity contribution in [3.05, 3.63) is 58.2 Å². The third-order valence-electron chi connectivity index (χ3n) is 5.79. The van der Waals surface area contributed by atoms with E-state index in [-0.39, 0.29) is 5.69 Å². The number of H-pyrrole nitrogens is 1. The molecule has 7 nitrogen and oxygen atoms in total. The van der Waals surface area contributed by atoms with Crippen molar-refractivity contribution in [3.63, 3.8) is 0 Å². The Labute approximate surface area is 197 Å². The minimum Gasteiger partial charge on any atom is -0.496 e. The van der Waals surface area contributed by atoms with Gasteiger partial charge in [-0.2, -0.15) is 0 Å². The predicted molar refractivity (Wildman–Crippen MR) is 131 cm³/mol. The topological polar surface area (TPSA) is 86.3 Å². The Morgan fingerprint density at radius 2 is 1.79 bits per heavy atom. The second-order valence-electron chi connectivity index (χ2n) is 7.53. The summed E-state index contributed by atoms with van der Waals surface area (Å²) in [5, 5.41) is 2.72. The Morgan fingerprint density at radius 1 is 1.00 bits per heavy atom. The molecule has 0 amide bonds. The Balaban J connectivity index is 1.90. The first kappa shape index (κ1) is 21.2. The molecule has 5 aromatic rings. The van der Waals surface area contributed by atoms with E-state index in [0.717, 1.165) is 37.2 Å². The molecule has 0 aliphatic heterocycles. The van der Waals surface area contributed by atoms with Crippen LogP contribution in [0.1, 0.15) is 16.1 Å². The van der Waals surface area contributed by atoms with E-state index in [0.29, 0.717) is 28.4 Å². The lowest BCUT2D eigenvalue weighted by Crippen LogP contribution is -2.09. The summed E-state index contributed by atoms with van der Waals surface area (Å²) in [7, 11) is 4.56. The number of para-hydroxylation sites is 1. The number of carbonyl (C=O) groups is 1. The summed E-state index contributed by atoms with van der Waals surface area (Å²) in [5.74, 6) is 0.754. The fourth-order valence-corrected chi connectivity index (χ4v) is 4.81. The summed E-state index contributed by atoms with van der Waals surface area (Å²) < 4.78 is 16.9. The van der Waals surface area contributed by atoms with Crippen LogP contribution in [-0.4, -0.2) is 42.3 Å². The second kappa shape index (κ2) is 8.04. The number of carbonyl (C=O) groups excluding carboxylic acids is 1. The number of benzene rings is 2. The van der Waals surface area contributed by atoms with E-state index in [1.165, 1.54) is 7.11 Å². The molecule has 0 unspecified atom stereocenters. The fraction of sp³-hybridized carbons (Fsp3) is 0.160. The molecule has 0 radical (unpaired) electrons. The van der Waals surface area contributed by atoms with Crippen LogP contribution in [0.4, 0.5) is 0 Å². The van der Waals surface area contributed by atoms with Gasteiger partial charge < -0.3 is 19.2 Å². The molecule has 0 aliphatic rings. The average Bonchev–Trinajstić information content (AvgIpc) is 3.23. The first-order valence-electron chi connectivity index (χ1n) is 10.2. The van der Waals surface area contributed by atoms with Crippen LogP contribution in [0.15, 0.2) is 46.9 Å². The number of esters is 1. The van der Waals surface area contributed by atoms with E-state index in [2.05, 4.69) is 20.9 Å². The Hall–Kier alpha value is -3.65. The van der Waals surface area contributed by atoms with Crippen LogP contribution in [-0.2, 0) is 4.74 Å². The van der Waals surface area contributed by atoms with Crippen molar-refractivity contribution in [3.8, 4) is 22.9 Å². The molecular weight excluding hydrogens is 486 g/mol. The predicted octanol–water partition coefficient (Wildman–Crippen LogP) is 5.81. The third-order valence-corrected chi connectivity index (χ3v) is 6.38. The number of aromatic amines is 1. The summed E-state index contributed by atoms with van der Waals surface area (Å²) in [6.07, 6.45) is 0. The Morgan fingerprint density at radius 3 is 2.52 bits per heavy atom. The number of nitrogens with one attached hydrogen (secondary N) is 1. The number of aromatic nitrogens is 3. The van der Waals surface area contributed by atoms with Crippen molar-refractivity contribution in [2.75, 3.05) is 21.3 Å². The summed E-state index contributed by atoms with van der Waals surface area (Å²) in [5.41, 5.74) is 4.51. The first-order valence-corrected chi connectivity index (χ1v) is 11.0. The average molecular weight is 506 g/mol. The molecular formula is C25H20BrN3O4. The summed E-state index contributed by atoms with van der Waals surface area (Å²) in [6, 6.07) is 13.6. The number of aryl methyl sites for hydroxylation is 1. The number of fused-ring (bicyclic) bond motifs is 4. The third kappa shape index (κ3) is 3.21. The number of halogens is 1. The quantitative estimate of drug-likeness (QED) is 0.310. The highest BCUT2D eigenvalue weighted by Crippen LogP contribution is 2.41. The van der Waals surface area contributed by atoms with Gasteiger partial charge in [0.15, 0.2) is 11.4 Å². The lowest BCUT2D eigenvalue weighted by Gasteiger charge is -2.13. The van der Waals surface area contributed by atoms with Crippen molar-refractivity contribution in [1.29, 1.82) is 0 Å². The first-order chi connectivity index (χ1) is 16.0. The molecule has 5 rings (SSSR count). The lowest BCUT2D eigenvalue weighted by molar-refractivity contribution is 0.0593. The van der Waals surface area contributed by atoms with E-state index in [1.54, 1.807) is 14.2 Å². The maximum atomic E-state index is 12.6. The summed E-state index contributed by atoms with van der Waals surface area (Å²) in [4.78, 5) is 25.7. The molecule has 1 N–H and O–H groups in total. The highest BCUT2D eigenvalue weighted by atomic mass is 79.9. The van der Waals surface area contributed by atoms with E-state index < -0.39 is 5.97 Å². The van der Waals surface area contributed by atoms with Gasteiger partial charge in [0.1, 0.15) is 17.0 Å². The molecule has 0 saturated carbocycles. The minimum absolute atomic E-state index is 0.255. The van der Waals surface area contributed by atoms with Gasteiger partial charge in [0.05, 0.1) is 37.0 Å². The number of ether oxygens (including phenoxy) is 3. The molecule has 0 aliphatic carbocycles. The zero-order valence-corrected chi connectivity index (χ0v) is 20.0. The van der Waals surface area contributed by atoms with Gasteiger partial charge >= 0.3 is 5.97 Å². The normalized spacial score (nSPS) is 11.3. The highest BCUT2D eigenvalue weighted by molar-refractivity contribution is 9.10. The van der Waals surface area contributed by atoms with Gasteiger partial charge in [-0.3, -0.25) is 0 Å². The second-order valence-corrected chi connectivity index (χ2v) is 8.39. The molecule has 3 aromatic heterocycles. The monoisotopic (exact) mass is 505 g/mol. The zero-order chi connectivity index (χ0) is 23.3. The molecule has 0 saturated heterocycles. The maximum Gasteiger partial charge on any atom is 0.356 e. The largest absolute Gasteiger partial charge is 0.496 e. The summed E-state index contributed by atoms with van der Waals surface area (Å²) in [6.45, 7) is 1.88. The standard InChI is InChI=1S/C25H20BrN3O4/c1-12-19-13-7-5-6-8-16(13)27-23(19)22(29-20(12)25(30)33-4)17-10-9-14-18(31-2)11-15(26)24(32-3)21(14)28-17/h5-11,27H,1-4H3. The fourth-order valence-electron chi connectivity index (χ4n) is 4.26. The Bertz CT molecular complexity index is 1580. The van der Waals surface area contributed by atoms with Gasteiger partial charge in [-0.15, -0.1) is 0 Å². The van der Waals surface area contributed by atoms with Crippen LogP contribution < -0.4 is 9.47 Å². The van der Waals surface area contributed by atoms with Gasteiger partial charge in [0.25, 0.3) is 0 Å². The van der Waals surface area contributed by atoms with Gasteiger partial charge in [0, 0.05) is 21.7 Å². The molecule has 33 heavy (non-hydrogen) atoms. The number of rotatable bonds is 4. The highest BCUT2D eigenvalue weighted by Gasteiger charge is 2.23. The van der Waals surface area contributed by atoms with Gasteiger partial charge in [-0.25, -0.2) is 14.8 Å². The smallest absolute Gasteiger partial charge is 0.356 e. The van der Waals surface area contributed by atoms with Crippen LogP contribution in [0.3, 0.4) is 0 Å². The molecule has 0 atom stereocenters. The van der Waals surface area contributed by atoms with E-state index in [4.69, 9.17) is 24.2 Å². The molecule has 3 heterocycles. The van der Waals surface area contributed by atoms with Crippen LogP contribution in [0.2, 0.25) is 0 Å². The van der Waals surface area contributed by atoms with Gasteiger partial charge in [-0.05, 0) is 52.7 Å². The molecule has 166 valence electrons. The van der Waals surface area contributed by atoms with Gasteiger partial charge in [-0.1, -0.05) is 18.2 Å². The SMILES string of the molecule is COC(=O)c1nc(-c2ccc3c(OC)cc(Br)c(OC)c3n2)c2[nH]c3ccccc3c2c1C. The Kier molecular flexibility index (Phi) is 5.17. The molecule has 0 spiro atoms. The number of hydrogen-bond acceptors (Lipinski definition) is 6. The van der Waals surface area contributed by atoms with Crippen molar-refractivity contribution < 1.29 is 19.0 Å². The van der Waals surface area contributed by atoms with Crippen molar-refractivity contribution >= 4 is 54.6 Å². The number of hydrogen-bond donors (Lipinski definition) is 1. The summed E-state index contributed by atoms with van der Waals surface area (Å²) >= 11 is 3.53. The van der Waals surface area contributed by atoms with Crippen molar-refractivity contribution in [2.45, 2.75) is 6.92 Å².